The minimum absolute atomic E-state index is 0.0473. The molecule has 1 unspecified atom stereocenters. The molecule has 10 nitrogen and oxygen atoms in total. The Morgan fingerprint density at radius 1 is 0.886 bits per heavy atom. The van der Waals surface area contributed by atoms with Crippen molar-refractivity contribution in [1.82, 2.24) is 20.9 Å². The van der Waals surface area contributed by atoms with Crippen LogP contribution in [0.2, 0.25) is 0 Å². The number of carbonyl (C=O) groups is 5. The van der Waals surface area contributed by atoms with Crippen molar-refractivity contribution >= 4 is 29.5 Å². The molecule has 0 bridgehead atoms. The van der Waals surface area contributed by atoms with Crippen LogP contribution in [0.1, 0.15) is 81.4 Å². The smallest absolute Gasteiger partial charge is 0.246 e. The molecular weight excluding hydrogens is 558 g/mol. The SMILES string of the molecule is CCc1ccc(CCC(=O)N[C@H]2CCCCC3CC[C@@H](C(=O)N[C@@H](CCC(N)=O)C(=O)NCc4ccccc4)N3C2=O)cc1. The van der Waals surface area contributed by atoms with Gasteiger partial charge in [0.05, 0.1) is 0 Å². The van der Waals surface area contributed by atoms with Gasteiger partial charge in [0.2, 0.25) is 29.5 Å². The van der Waals surface area contributed by atoms with Gasteiger partial charge in [-0.3, -0.25) is 24.0 Å². The summed E-state index contributed by atoms with van der Waals surface area (Å²) in [6.07, 6.45) is 5.90. The van der Waals surface area contributed by atoms with E-state index in [1.165, 1.54) is 5.56 Å². The lowest BCUT2D eigenvalue weighted by Gasteiger charge is -2.35. The van der Waals surface area contributed by atoms with Crippen molar-refractivity contribution in [2.45, 2.75) is 108 Å². The Labute approximate surface area is 259 Å². The van der Waals surface area contributed by atoms with Crippen LogP contribution >= 0.6 is 0 Å². The average molecular weight is 604 g/mol. The van der Waals surface area contributed by atoms with Crippen LogP contribution in [0.4, 0.5) is 0 Å². The second-order valence-corrected chi connectivity index (χ2v) is 11.8. The lowest BCUT2D eigenvalue weighted by atomic mass is 9.98. The van der Waals surface area contributed by atoms with E-state index in [2.05, 4.69) is 35.0 Å². The average Bonchev–Trinajstić information content (AvgIpc) is 3.45. The van der Waals surface area contributed by atoms with Crippen molar-refractivity contribution in [3.63, 3.8) is 0 Å². The zero-order valence-electron chi connectivity index (χ0n) is 25.6. The molecule has 44 heavy (non-hydrogen) atoms. The number of nitrogens with one attached hydrogen (secondary N) is 3. The summed E-state index contributed by atoms with van der Waals surface area (Å²) < 4.78 is 0. The number of benzene rings is 2. The number of rotatable bonds is 13. The van der Waals surface area contributed by atoms with Gasteiger partial charge in [0.1, 0.15) is 18.1 Å². The zero-order chi connectivity index (χ0) is 31.5. The number of nitrogens with zero attached hydrogens (tertiary/aromatic N) is 1. The molecule has 2 fully saturated rings. The van der Waals surface area contributed by atoms with Gasteiger partial charge in [-0.05, 0) is 61.6 Å². The Hall–Kier alpha value is -4.21. The molecule has 0 aliphatic carbocycles. The number of primary amides is 1. The largest absolute Gasteiger partial charge is 0.370 e. The first-order valence-corrected chi connectivity index (χ1v) is 15.8. The monoisotopic (exact) mass is 603 g/mol. The van der Waals surface area contributed by atoms with Crippen molar-refractivity contribution < 1.29 is 24.0 Å². The molecular formula is C34H45N5O5. The van der Waals surface area contributed by atoms with Crippen LogP contribution < -0.4 is 21.7 Å². The zero-order valence-corrected chi connectivity index (χ0v) is 25.6. The number of carbonyl (C=O) groups excluding carboxylic acids is 5. The van der Waals surface area contributed by atoms with Crippen LogP contribution in [0.25, 0.3) is 0 Å². The molecule has 2 aliphatic rings. The van der Waals surface area contributed by atoms with Crippen LogP contribution in [-0.4, -0.2) is 58.6 Å². The minimum atomic E-state index is -0.982. The topological polar surface area (TPSA) is 151 Å². The maximum Gasteiger partial charge on any atom is 0.246 e. The van der Waals surface area contributed by atoms with Crippen LogP contribution in [0.3, 0.4) is 0 Å². The maximum absolute atomic E-state index is 13.9. The first-order chi connectivity index (χ1) is 21.2. The third-order valence-corrected chi connectivity index (χ3v) is 8.67. The molecule has 10 heteroatoms. The summed E-state index contributed by atoms with van der Waals surface area (Å²) in [6, 6.07) is 15.0. The van der Waals surface area contributed by atoms with Gasteiger partial charge in [0, 0.05) is 25.4 Å². The predicted molar refractivity (Wildman–Crippen MR) is 167 cm³/mol. The van der Waals surface area contributed by atoms with Crippen LogP contribution in [0.15, 0.2) is 54.6 Å². The van der Waals surface area contributed by atoms with Crippen molar-refractivity contribution in [1.29, 1.82) is 0 Å². The molecule has 2 aromatic carbocycles. The molecule has 2 saturated heterocycles. The highest BCUT2D eigenvalue weighted by Gasteiger charge is 2.44. The van der Waals surface area contributed by atoms with E-state index in [1.807, 2.05) is 42.5 Å². The summed E-state index contributed by atoms with van der Waals surface area (Å²) in [6.45, 7) is 2.37. The van der Waals surface area contributed by atoms with Crippen LogP contribution in [0, 0.1) is 0 Å². The Morgan fingerprint density at radius 2 is 1.59 bits per heavy atom. The fraction of sp³-hybridized carbons (Fsp3) is 0.500. The Balaban J connectivity index is 1.39. The molecule has 2 aliphatic heterocycles. The maximum atomic E-state index is 13.9. The van der Waals surface area contributed by atoms with E-state index in [4.69, 9.17) is 5.73 Å². The molecule has 5 amide bonds. The highest BCUT2D eigenvalue weighted by molar-refractivity contribution is 5.95. The summed E-state index contributed by atoms with van der Waals surface area (Å²) in [7, 11) is 0. The van der Waals surface area contributed by atoms with Gasteiger partial charge in [0.25, 0.3) is 0 Å². The van der Waals surface area contributed by atoms with Crippen molar-refractivity contribution in [3.05, 3.63) is 71.3 Å². The predicted octanol–water partition coefficient (Wildman–Crippen LogP) is 2.67. The fourth-order valence-corrected chi connectivity index (χ4v) is 6.12. The molecule has 236 valence electrons. The summed E-state index contributed by atoms with van der Waals surface area (Å²) in [5.41, 5.74) is 8.55. The van der Waals surface area contributed by atoms with E-state index in [0.29, 0.717) is 25.7 Å². The normalized spacial score (nSPS) is 20.5. The molecule has 0 radical (unpaired) electrons. The van der Waals surface area contributed by atoms with Gasteiger partial charge in [-0.2, -0.15) is 0 Å². The van der Waals surface area contributed by atoms with Gasteiger partial charge in [-0.1, -0.05) is 74.4 Å². The second kappa shape index (κ2) is 16.0. The van der Waals surface area contributed by atoms with E-state index < -0.39 is 35.8 Å². The number of hydrogen-bond acceptors (Lipinski definition) is 5. The fourth-order valence-electron chi connectivity index (χ4n) is 6.12. The highest BCUT2D eigenvalue weighted by Crippen LogP contribution is 2.31. The van der Waals surface area contributed by atoms with Crippen molar-refractivity contribution in [3.8, 4) is 0 Å². The van der Waals surface area contributed by atoms with Crippen LogP contribution in [0.5, 0.6) is 0 Å². The lowest BCUT2D eigenvalue weighted by Crippen LogP contribution is -2.58. The molecule has 4 atom stereocenters. The number of amides is 5. The van der Waals surface area contributed by atoms with Gasteiger partial charge in [0.15, 0.2) is 0 Å². The van der Waals surface area contributed by atoms with Gasteiger partial charge in [-0.15, -0.1) is 0 Å². The highest BCUT2D eigenvalue weighted by atomic mass is 16.2. The van der Waals surface area contributed by atoms with Crippen molar-refractivity contribution in [2.75, 3.05) is 0 Å². The Kier molecular flexibility index (Phi) is 11.9. The molecule has 0 aromatic heterocycles. The molecule has 2 heterocycles. The summed E-state index contributed by atoms with van der Waals surface area (Å²) in [5, 5.41) is 8.58. The van der Waals surface area contributed by atoms with Gasteiger partial charge >= 0.3 is 0 Å². The van der Waals surface area contributed by atoms with E-state index in [-0.39, 0.29) is 43.7 Å². The molecule has 2 aromatic rings. The van der Waals surface area contributed by atoms with Crippen LogP contribution in [-0.2, 0) is 43.4 Å². The standard InChI is InChI=1S/C34H45N5O5/c1-2-23-12-14-24(15-13-23)16-21-31(41)37-28-11-7-6-10-26-17-19-29(39(26)34(28)44)33(43)38-27(18-20-30(35)40)32(42)36-22-25-8-4-3-5-9-25/h3-5,8-9,12-15,26-29H,2,6-7,10-11,16-22H2,1H3,(H2,35,40)(H,36,42)(H,37,41)(H,38,43)/t26?,27-,28-,29-/m0/s1. The number of fused-ring (bicyclic) bond motifs is 1. The van der Waals surface area contributed by atoms with E-state index in [9.17, 15) is 24.0 Å². The van der Waals surface area contributed by atoms with Gasteiger partial charge in [-0.25, -0.2) is 0 Å². The molecule has 0 spiro atoms. The lowest BCUT2D eigenvalue weighted by molar-refractivity contribution is -0.144. The Morgan fingerprint density at radius 3 is 2.30 bits per heavy atom. The number of hydrogen-bond donors (Lipinski definition) is 4. The summed E-state index contributed by atoms with van der Waals surface area (Å²) >= 11 is 0. The van der Waals surface area contributed by atoms with Gasteiger partial charge < -0.3 is 26.6 Å². The minimum Gasteiger partial charge on any atom is -0.370 e. The first kappa shape index (κ1) is 32.7. The second-order valence-electron chi connectivity index (χ2n) is 11.8. The molecule has 5 N–H and O–H groups in total. The summed E-state index contributed by atoms with van der Waals surface area (Å²) in [5.74, 6) is -1.88. The third kappa shape index (κ3) is 9.14. The first-order valence-electron chi connectivity index (χ1n) is 15.8. The van der Waals surface area contributed by atoms with E-state index in [1.54, 1.807) is 4.90 Å². The molecule has 4 rings (SSSR count). The Bertz CT molecular complexity index is 1300. The van der Waals surface area contributed by atoms with Crippen molar-refractivity contribution in [2.24, 2.45) is 5.73 Å². The molecule has 0 saturated carbocycles. The number of aryl methyl sites for hydroxylation is 2. The number of nitrogens with two attached hydrogens (primary N) is 1. The summed E-state index contributed by atoms with van der Waals surface area (Å²) in [4.78, 5) is 66.7. The quantitative estimate of drug-likeness (QED) is 0.278. The van der Waals surface area contributed by atoms with E-state index in [0.717, 1.165) is 36.8 Å². The third-order valence-electron chi connectivity index (χ3n) is 8.67. The van der Waals surface area contributed by atoms with E-state index >= 15 is 0 Å².